The van der Waals surface area contributed by atoms with Crippen LogP contribution in [0.3, 0.4) is 0 Å². The molecule has 1 atom stereocenters. The zero-order valence-electron chi connectivity index (χ0n) is 14.6. The number of carbonyl (C=O) groups is 2. The molecule has 1 aliphatic heterocycles. The van der Waals surface area contributed by atoms with E-state index in [1.54, 1.807) is 4.90 Å². The number of rotatable bonds is 4. The number of fused-ring (bicyclic) bond motifs is 1. The molecule has 1 unspecified atom stereocenters. The molecule has 1 fully saturated rings. The smallest absolute Gasteiger partial charge is 0.256 e. The van der Waals surface area contributed by atoms with E-state index in [0.29, 0.717) is 50.1 Å². The molecule has 7 nitrogen and oxygen atoms in total. The number of hydrogen-bond acceptors (Lipinski definition) is 5. The fourth-order valence-corrected chi connectivity index (χ4v) is 3.09. The van der Waals surface area contributed by atoms with E-state index >= 15 is 0 Å². The van der Waals surface area contributed by atoms with Crippen molar-refractivity contribution >= 4 is 47.7 Å². The molecule has 10 heteroatoms. The van der Waals surface area contributed by atoms with Gasteiger partial charge in [0.1, 0.15) is 11.3 Å². The summed E-state index contributed by atoms with van der Waals surface area (Å²) in [6.45, 7) is 1.60. The second-order valence-electron chi connectivity index (χ2n) is 6.05. The Kier molecular flexibility index (Phi) is 8.81. The Morgan fingerprint density at radius 3 is 2.74 bits per heavy atom. The van der Waals surface area contributed by atoms with Crippen LogP contribution in [0.2, 0.25) is 0 Å². The fraction of sp³-hybridized carbons (Fsp3) is 0.412. The highest BCUT2D eigenvalue weighted by atomic mass is 35.5. The molecule has 148 valence electrons. The summed E-state index contributed by atoms with van der Waals surface area (Å²) in [5, 5.41) is 2.76. The normalized spacial score (nSPS) is 16.2. The average molecular weight is 418 g/mol. The summed E-state index contributed by atoms with van der Waals surface area (Å²) in [7, 11) is 0. The number of nitrogens with zero attached hydrogens (tertiary/aromatic N) is 3. The molecular weight excluding hydrogens is 396 g/mol. The summed E-state index contributed by atoms with van der Waals surface area (Å²) in [5.41, 5.74) is 6.27. The molecule has 2 amide bonds. The first kappa shape index (κ1) is 23.0. The van der Waals surface area contributed by atoms with Gasteiger partial charge in [-0.3, -0.25) is 19.6 Å². The first-order valence-corrected chi connectivity index (χ1v) is 8.27. The van der Waals surface area contributed by atoms with E-state index < -0.39 is 5.82 Å². The number of hydrogen-bond donors (Lipinski definition) is 2. The van der Waals surface area contributed by atoms with Crippen LogP contribution in [0.5, 0.6) is 0 Å². The van der Waals surface area contributed by atoms with E-state index in [-0.39, 0.29) is 48.1 Å². The van der Waals surface area contributed by atoms with Gasteiger partial charge >= 0.3 is 0 Å². The Hall–Kier alpha value is -2.03. The molecule has 0 spiro atoms. The SMILES string of the molecule is Cl.Cl.NCCNC(=O)C1CCCN(C(=O)c2cc(F)cc3nccnc23)C1. The lowest BCUT2D eigenvalue weighted by atomic mass is 9.96. The Bertz CT molecular complexity index is 808. The van der Waals surface area contributed by atoms with E-state index in [1.165, 1.54) is 24.5 Å². The summed E-state index contributed by atoms with van der Waals surface area (Å²) in [5.74, 6) is -1.26. The van der Waals surface area contributed by atoms with Crippen molar-refractivity contribution < 1.29 is 14.0 Å². The van der Waals surface area contributed by atoms with Crippen LogP contribution in [-0.2, 0) is 4.79 Å². The molecule has 1 saturated heterocycles. The van der Waals surface area contributed by atoms with E-state index in [9.17, 15) is 14.0 Å². The summed E-state index contributed by atoms with van der Waals surface area (Å²) >= 11 is 0. The van der Waals surface area contributed by atoms with Crippen LogP contribution in [0.1, 0.15) is 23.2 Å². The van der Waals surface area contributed by atoms with Crippen molar-refractivity contribution in [1.82, 2.24) is 20.2 Å². The molecule has 2 heterocycles. The number of carbonyl (C=O) groups excluding carboxylic acids is 2. The topological polar surface area (TPSA) is 101 Å². The lowest BCUT2D eigenvalue weighted by Crippen LogP contribution is -2.46. The maximum Gasteiger partial charge on any atom is 0.256 e. The van der Waals surface area contributed by atoms with Gasteiger partial charge in [-0.2, -0.15) is 0 Å². The molecule has 0 aliphatic carbocycles. The van der Waals surface area contributed by atoms with Gasteiger partial charge in [-0.05, 0) is 18.9 Å². The van der Waals surface area contributed by atoms with E-state index in [0.717, 1.165) is 0 Å². The van der Waals surface area contributed by atoms with Gasteiger partial charge in [-0.25, -0.2) is 4.39 Å². The number of likely N-dealkylation sites (tertiary alicyclic amines) is 1. The van der Waals surface area contributed by atoms with Crippen molar-refractivity contribution in [2.45, 2.75) is 12.8 Å². The number of halogens is 3. The highest BCUT2D eigenvalue weighted by molar-refractivity contribution is 6.04. The Morgan fingerprint density at radius 1 is 1.26 bits per heavy atom. The Labute approximate surface area is 168 Å². The van der Waals surface area contributed by atoms with Crippen LogP contribution >= 0.6 is 24.8 Å². The van der Waals surface area contributed by atoms with E-state index in [1.807, 2.05) is 0 Å². The van der Waals surface area contributed by atoms with Gasteiger partial charge in [0.2, 0.25) is 5.91 Å². The molecule has 3 rings (SSSR count). The molecule has 0 bridgehead atoms. The number of nitrogens with two attached hydrogens (primary N) is 1. The van der Waals surface area contributed by atoms with Crippen molar-refractivity contribution in [2.24, 2.45) is 11.7 Å². The zero-order chi connectivity index (χ0) is 17.8. The predicted octanol–water partition coefficient (Wildman–Crippen LogP) is 1.54. The first-order valence-electron chi connectivity index (χ1n) is 8.27. The molecule has 27 heavy (non-hydrogen) atoms. The van der Waals surface area contributed by atoms with Crippen LogP contribution in [-0.4, -0.2) is 52.9 Å². The second-order valence-corrected chi connectivity index (χ2v) is 6.05. The minimum Gasteiger partial charge on any atom is -0.355 e. The van der Waals surface area contributed by atoms with Gasteiger partial charge in [0, 0.05) is 44.6 Å². The van der Waals surface area contributed by atoms with Gasteiger partial charge in [-0.1, -0.05) is 0 Å². The Balaban J connectivity index is 0.00000182. The fourth-order valence-electron chi connectivity index (χ4n) is 3.09. The van der Waals surface area contributed by atoms with Gasteiger partial charge in [0.25, 0.3) is 5.91 Å². The molecular formula is C17H22Cl2FN5O2. The molecule has 1 aliphatic rings. The van der Waals surface area contributed by atoms with Crippen molar-refractivity contribution in [3.8, 4) is 0 Å². The second kappa shape index (κ2) is 10.3. The van der Waals surface area contributed by atoms with E-state index in [2.05, 4.69) is 15.3 Å². The zero-order valence-corrected chi connectivity index (χ0v) is 16.2. The largest absolute Gasteiger partial charge is 0.355 e. The standard InChI is InChI=1S/C17H20FN5O2.2ClH/c18-12-8-13(15-14(9-12)20-5-6-21-15)17(25)23-7-1-2-11(10-23)16(24)22-4-3-19;;/h5-6,8-9,11H,1-4,7,10,19H2,(H,22,24);2*1H. The monoisotopic (exact) mass is 417 g/mol. The molecule has 2 aromatic rings. The summed E-state index contributed by atoms with van der Waals surface area (Å²) < 4.78 is 13.9. The summed E-state index contributed by atoms with van der Waals surface area (Å²) in [4.78, 5) is 34.8. The lowest BCUT2D eigenvalue weighted by Gasteiger charge is -2.32. The van der Waals surface area contributed by atoms with Crippen LogP contribution < -0.4 is 11.1 Å². The minimum absolute atomic E-state index is 0. The number of nitrogens with one attached hydrogen (secondary N) is 1. The third-order valence-corrected chi connectivity index (χ3v) is 4.29. The maximum absolute atomic E-state index is 13.9. The Morgan fingerprint density at radius 2 is 2.00 bits per heavy atom. The molecule has 3 N–H and O–H groups in total. The van der Waals surface area contributed by atoms with Crippen LogP contribution in [0.15, 0.2) is 24.5 Å². The maximum atomic E-state index is 13.9. The molecule has 0 saturated carbocycles. The number of piperidine rings is 1. The van der Waals surface area contributed by atoms with Gasteiger partial charge in [0.05, 0.1) is 17.0 Å². The average Bonchev–Trinajstić information content (AvgIpc) is 2.64. The number of benzene rings is 1. The van der Waals surface area contributed by atoms with Crippen molar-refractivity contribution in [3.63, 3.8) is 0 Å². The van der Waals surface area contributed by atoms with Crippen molar-refractivity contribution in [2.75, 3.05) is 26.2 Å². The number of amides is 2. The van der Waals surface area contributed by atoms with Crippen LogP contribution in [0.4, 0.5) is 4.39 Å². The quantitative estimate of drug-likeness (QED) is 0.785. The van der Waals surface area contributed by atoms with Gasteiger partial charge in [-0.15, -0.1) is 24.8 Å². The summed E-state index contributed by atoms with van der Waals surface area (Å²) in [6.07, 6.45) is 4.35. The first-order chi connectivity index (χ1) is 12.1. The number of aromatic nitrogens is 2. The minimum atomic E-state index is -0.536. The van der Waals surface area contributed by atoms with Crippen molar-refractivity contribution in [1.29, 1.82) is 0 Å². The van der Waals surface area contributed by atoms with Crippen LogP contribution in [0.25, 0.3) is 11.0 Å². The predicted molar refractivity (Wildman–Crippen MR) is 105 cm³/mol. The van der Waals surface area contributed by atoms with Crippen molar-refractivity contribution in [3.05, 3.63) is 35.9 Å². The lowest BCUT2D eigenvalue weighted by molar-refractivity contribution is -0.126. The van der Waals surface area contributed by atoms with Gasteiger partial charge in [0.15, 0.2) is 0 Å². The third kappa shape index (κ3) is 5.24. The summed E-state index contributed by atoms with van der Waals surface area (Å²) in [6, 6.07) is 2.43. The van der Waals surface area contributed by atoms with Gasteiger partial charge < -0.3 is 16.0 Å². The molecule has 1 aromatic carbocycles. The molecule has 0 radical (unpaired) electrons. The van der Waals surface area contributed by atoms with E-state index in [4.69, 9.17) is 5.73 Å². The highest BCUT2D eigenvalue weighted by Crippen LogP contribution is 2.22. The highest BCUT2D eigenvalue weighted by Gasteiger charge is 2.29. The third-order valence-electron chi connectivity index (χ3n) is 4.29. The molecule has 1 aromatic heterocycles. The van der Waals surface area contributed by atoms with Crippen LogP contribution in [0, 0.1) is 11.7 Å².